The van der Waals surface area contributed by atoms with Gasteiger partial charge in [-0.3, -0.25) is 9.59 Å². The summed E-state index contributed by atoms with van der Waals surface area (Å²) in [6.45, 7) is 3.65. The molecule has 6 nitrogen and oxygen atoms in total. The normalized spacial score (nSPS) is 10.0. The highest BCUT2D eigenvalue weighted by Gasteiger charge is 2.09. The summed E-state index contributed by atoms with van der Waals surface area (Å²) in [5.41, 5.74) is 3.22. The van der Waals surface area contributed by atoms with Crippen LogP contribution in [0, 0.1) is 0 Å². The van der Waals surface area contributed by atoms with Crippen LogP contribution in [0.2, 0.25) is 0 Å². The van der Waals surface area contributed by atoms with Gasteiger partial charge in [0, 0.05) is 18.3 Å². The van der Waals surface area contributed by atoms with Crippen molar-refractivity contribution in [1.82, 2.24) is 0 Å². The molecule has 0 atom stereocenters. The number of amides is 2. The molecule has 0 unspecified atom stereocenters. The Hall–Kier alpha value is -3.02. The lowest BCUT2D eigenvalue weighted by Crippen LogP contribution is -2.22. The van der Waals surface area contributed by atoms with Crippen molar-refractivity contribution in [2.24, 2.45) is 0 Å². The summed E-state index contributed by atoms with van der Waals surface area (Å²) in [6, 6.07) is 13.0. The summed E-state index contributed by atoms with van der Waals surface area (Å²) in [6.07, 6.45) is 0.977. The highest BCUT2D eigenvalue weighted by atomic mass is 16.5. The van der Waals surface area contributed by atoms with Gasteiger partial charge in [-0.2, -0.15) is 0 Å². The Morgan fingerprint density at radius 1 is 1.00 bits per heavy atom. The molecule has 2 aromatic rings. The highest BCUT2D eigenvalue weighted by Crippen LogP contribution is 2.27. The molecule has 25 heavy (non-hydrogen) atoms. The fourth-order valence-electron chi connectivity index (χ4n) is 2.32. The van der Waals surface area contributed by atoms with Crippen LogP contribution < -0.4 is 20.7 Å². The molecule has 0 aliphatic carbocycles. The highest BCUT2D eigenvalue weighted by molar-refractivity contribution is 5.96. The van der Waals surface area contributed by atoms with Crippen LogP contribution in [0.4, 0.5) is 17.1 Å². The Kier molecular flexibility index (Phi) is 6.39. The number of benzene rings is 2. The summed E-state index contributed by atoms with van der Waals surface area (Å²) in [5, 5.41) is 8.54. The standard InChI is InChI=1S/C19H23N3O3/c1-4-14-5-7-15(8-6-14)20-12-19(24)22-17-11-16(21-13(2)23)9-10-18(17)25-3/h5-11,20H,4,12H2,1-3H3,(H,21,23)(H,22,24). The lowest BCUT2D eigenvalue weighted by molar-refractivity contribution is -0.115. The smallest absolute Gasteiger partial charge is 0.243 e. The zero-order valence-electron chi connectivity index (χ0n) is 14.7. The molecule has 0 aliphatic heterocycles. The van der Waals surface area contributed by atoms with Crippen LogP contribution in [0.15, 0.2) is 42.5 Å². The molecule has 0 radical (unpaired) electrons. The Morgan fingerprint density at radius 3 is 2.28 bits per heavy atom. The Bertz CT molecular complexity index is 742. The molecule has 0 spiro atoms. The monoisotopic (exact) mass is 341 g/mol. The number of carbonyl (C=O) groups excluding carboxylic acids is 2. The number of aryl methyl sites for hydroxylation is 1. The van der Waals surface area contributed by atoms with E-state index >= 15 is 0 Å². The van der Waals surface area contributed by atoms with Gasteiger partial charge in [0.05, 0.1) is 19.3 Å². The number of carbonyl (C=O) groups is 2. The molecule has 0 saturated heterocycles. The number of ether oxygens (including phenoxy) is 1. The van der Waals surface area contributed by atoms with Gasteiger partial charge in [0.2, 0.25) is 11.8 Å². The number of anilines is 3. The van der Waals surface area contributed by atoms with Crippen LogP contribution in [-0.4, -0.2) is 25.5 Å². The third-order valence-electron chi connectivity index (χ3n) is 3.61. The van der Waals surface area contributed by atoms with Gasteiger partial charge in [0.25, 0.3) is 0 Å². The second-order valence-electron chi connectivity index (χ2n) is 5.55. The SMILES string of the molecule is CCc1ccc(NCC(=O)Nc2cc(NC(C)=O)ccc2OC)cc1. The number of nitrogens with one attached hydrogen (secondary N) is 3. The maximum atomic E-state index is 12.2. The topological polar surface area (TPSA) is 79.5 Å². The van der Waals surface area contributed by atoms with E-state index in [1.807, 2.05) is 24.3 Å². The van der Waals surface area contributed by atoms with Gasteiger partial charge in [0.1, 0.15) is 5.75 Å². The van der Waals surface area contributed by atoms with Crippen molar-refractivity contribution < 1.29 is 14.3 Å². The van der Waals surface area contributed by atoms with E-state index in [9.17, 15) is 9.59 Å². The quantitative estimate of drug-likeness (QED) is 0.722. The van der Waals surface area contributed by atoms with E-state index in [0.29, 0.717) is 17.1 Å². The number of rotatable bonds is 7. The molecule has 3 N–H and O–H groups in total. The Balaban J connectivity index is 1.99. The van der Waals surface area contributed by atoms with Crippen molar-refractivity contribution in [2.45, 2.75) is 20.3 Å². The summed E-state index contributed by atoms with van der Waals surface area (Å²) in [4.78, 5) is 23.4. The van der Waals surface area contributed by atoms with Gasteiger partial charge in [-0.15, -0.1) is 0 Å². The molecule has 6 heteroatoms. The van der Waals surface area contributed by atoms with Gasteiger partial charge >= 0.3 is 0 Å². The summed E-state index contributed by atoms with van der Waals surface area (Å²) >= 11 is 0. The molecule has 2 aromatic carbocycles. The average molecular weight is 341 g/mol. The first-order valence-electron chi connectivity index (χ1n) is 8.10. The van der Waals surface area contributed by atoms with Crippen LogP contribution >= 0.6 is 0 Å². The Morgan fingerprint density at radius 2 is 1.68 bits per heavy atom. The van der Waals surface area contributed by atoms with Crippen molar-refractivity contribution in [3.05, 3.63) is 48.0 Å². The van der Waals surface area contributed by atoms with E-state index in [4.69, 9.17) is 4.74 Å². The summed E-state index contributed by atoms with van der Waals surface area (Å²) in [7, 11) is 1.52. The molecule has 0 bridgehead atoms. The maximum Gasteiger partial charge on any atom is 0.243 e. The minimum atomic E-state index is -0.210. The zero-order chi connectivity index (χ0) is 18.2. The molecule has 0 heterocycles. The van der Waals surface area contributed by atoms with E-state index < -0.39 is 0 Å². The summed E-state index contributed by atoms with van der Waals surface area (Å²) in [5.74, 6) is 0.132. The van der Waals surface area contributed by atoms with Crippen LogP contribution in [0.3, 0.4) is 0 Å². The van der Waals surface area contributed by atoms with E-state index in [0.717, 1.165) is 12.1 Å². The molecular formula is C19H23N3O3. The zero-order valence-corrected chi connectivity index (χ0v) is 14.7. The molecule has 0 aliphatic rings. The predicted molar refractivity (Wildman–Crippen MR) is 100 cm³/mol. The minimum absolute atomic E-state index is 0.124. The van der Waals surface area contributed by atoms with E-state index in [1.165, 1.54) is 19.6 Å². The second-order valence-corrected chi connectivity index (χ2v) is 5.55. The van der Waals surface area contributed by atoms with Crippen molar-refractivity contribution in [1.29, 1.82) is 0 Å². The number of methoxy groups -OCH3 is 1. The van der Waals surface area contributed by atoms with Gasteiger partial charge in [-0.25, -0.2) is 0 Å². The largest absolute Gasteiger partial charge is 0.495 e. The van der Waals surface area contributed by atoms with Crippen LogP contribution in [0.5, 0.6) is 5.75 Å². The molecule has 2 amide bonds. The average Bonchev–Trinajstić information content (AvgIpc) is 2.60. The Labute approximate surface area is 147 Å². The van der Waals surface area contributed by atoms with Gasteiger partial charge in [-0.1, -0.05) is 19.1 Å². The number of hydrogen-bond acceptors (Lipinski definition) is 4. The second kappa shape index (κ2) is 8.73. The molecule has 2 rings (SSSR count). The van der Waals surface area contributed by atoms with Crippen LogP contribution in [-0.2, 0) is 16.0 Å². The molecular weight excluding hydrogens is 318 g/mol. The molecule has 0 saturated carbocycles. The third-order valence-corrected chi connectivity index (χ3v) is 3.61. The first-order valence-corrected chi connectivity index (χ1v) is 8.10. The summed E-state index contributed by atoms with van der Waals surface area (Å²) < 4.78 is 5.25. The van der Waals surface area contributed by atoms with Crippen molar-refractivity contribution in [2.75, 3.05) is 29.6 Å². The first kappa shape index (κ1) is 18.3. The van der Waals surface area contributed by atoms with Gasteiger partial charge < -0.3 is 20.7 Å². The lowest BCUT2D eigenvalue weighted by atomic mass is 10.1. The van der Waals surface area contributed by atoms with Gasteiger partial charge in [0.15, 0.2) is 0 Å². The lowest BCUT2D eigenvalue weighted by Gasteiger charge is -2.13. The number of hydrogen-bond donors (Lipinski definition) is 3. The van der Waals surface area contributed by atoms with E-state index in [2.05, 4.69) is 22.9 Å². The molecule has 0 fully saturated rings. The maximum absolute atomic E-state index is 12.2. The van der Waals surface area contributed by atoms with E-state index in [1.54, 1.807) is 18.2 Å². The van der Waals surface area contributed by atoms with Crippen LogP contribution in [0.25, 0.3) is 0 Å². The van der Waals surface area contributed by atoms with Gasteiger partial charge in [-0.05, 0) is 42.3 Å². The molecule has 0 aromatic heterocycles. The van der Waals surface area contributed by atoms with Crippen molar-refractivity contribution in [3.8, 4) is 5.75 Å². The predicted octanol–water partition coefficient (Wildman–Crippen LogP) is 3.27. The van der Waals surface area contributed by atoms with E-state index in [-0.39, 0.29) is 18.4 Å². The minimum Gasteiger partial charge on any atom is -0.495 e. The van der Waals surface area contributed by atoms with Crippen LogP contribution in [0.1, 0.15) is 19.4 Å². The van der Waals surface area contributed by atoms with Crippen molar-refractivity contribution in [3.63, 3.8) is 0 Å². The first-order chi connectivity index (χ1) is 12.0. The molecule has 132 valence electrons. The fraction of sp³-hybridized carbons (Fsp3) is 0.263. The third kappa shape index (κ3) is 5.53. The van der Waals surface area contributed by atoms with Crippen molar-refractivity contribution >= 4 is 28.9 Å². The fourth-order valence-corrected chi connectivity index (χ4v) is 2.32.